The van der Waals surface area contributed by atoms with Gasteiger partial charge in [0.25, 0.3) is 5.89 Å². The van der Waals surface area contributed by atoms with Gasteiger partial charge in [0.15, 0.2) is 5.76 Å². The summed E-state index contributed by atoms with van der Waals surface area (Å²) in [7, 11) is 0. The second kappa shape index (κ2) is 5.71. The summed E-state index contributed by atoms with van der Waals surface area (Å²) in [5.74, 6) is 2.12. The normalized spacial score (nSPS) is 16.6. The first-order chi connectivity index (χ1) is 10.1. The Kier molecular flexibility index (Phi) is 3.77. The van der Waals surface area contributed by atoms with E-state index in [1.165, 1.54) is 0 Å². The number of aromatic nitrogens is 2. The molecule has 1 saturated heterocycles. The zero-order chi connectivity index (χ0) is 14.8. The molecular formula is C15H19N3O3. The molecule has 0 aliphatic carbocycles. The van der Waals surface area contributed by atoms with E-state index in [4.69, 9.17) is 8.83 Å². The minimum atomic E-state index is 0.0514. The molecule has 0 saturated carbocycles. The number of hydrogen-bond acceptors (Lipinski definition) is 5. The third kappa shape index (κ3) is 2.84. The first kappa shape index (κ1) is 13.9. The Labute approximate surface area is 123 Å². The fraction of sp³-hybridized carbons (Fsp3) is 0.533. The summed E-state index contributed by atoms with van der Waals surface area (Å²) < 4.78 is 10.9. The number of rotatable bonds is 3. The minimum Gasteiger partial charge on any atom is -0.459 e. The highest BCUT2D eigenvalue weighted by Crippen LogP contribution is 2.29. The van der Waals surface area contributed by atoms with E-state index >= 15 is 0 Å². The molecule has 1 aliphatic rings. The molecule has 1 aliphatic heterocycles. The molecule has 0 atom stereocenters. The molecule has 1 amide bonds. The average Bonchev–Trinajstić information content (AvgIpc) is 3.17. The van der Waals surface area contributed by atoms with Crippen LogP contribution in [0, 0.1) is 5.92 Å². The fourth-order valence-corrected chi connectivity index (χ4v) is 2.61. The summed E-state index contributed by atoms with van der Waals surface area (Å²) in [4.78, 5) is 13.9. The molecule has 0 aromatic carbocycles. The molecule has 6 heteroatoms. The highest BCUT2D eigenvalue weighted by molar-refractivity contribution is 5.78. The predicted molar refractivity (Wildman–Crippen MR) is 75.4 cm³/mol. The Bertz CT molecular complexity index is 595. The monoisotopic (exact) mass is 289 g/mol. The second-order valence-electron chi connectivity index (χ2n) is 5.68. The van der Waals surface area contributed by atoms with Gasteiger partial charge in [0, 0.05) is 24.9 Å². The van der Waals surface area contributed by atoms with Crippen molar-refractivity contribution >= 4 is 5.91 Å². The standard InChI is InChI=1S/C15H19N3O3/c1-10(2)15(19)18-7-5-11(6-8-18)13-16-17-14(21-13)12-4-3-9-20-12/h3-4,9-11H,5-8H2,1-2H3. The summed E-state index contributed by atoms with van der Waals surface area (Å²) in [5, 5.41) is 8.15. The summed E-state index contributed by atoms with van der Waals surface area (Å²) >= 11 is 0. The van der Waals surface area contributed by atoms with Gasteiger partial charge in [0.1, 0.15) is 0 Å². The molecule has 6 nitrogen and oxygen atoms in total. The van der Waals surface area contributed by atoms with E-state index in [9.17, 15) is 4.79 Å². The van der Waals surface area contributed by atoms with Crippen molar-refractivity contribution in [2.24, 2.45) is 5.92 Å². The number of hydrogen-bond donors (Lipinski definition) is 0. The SMILES string of the molecule is CC(C)C(=O)N1CCC(c2nnc(-c3ccco3)o2)CC1. The largest absolute Gasteiger partial charge is 0.459 e. The van der Waals surface area contributed by atoms with Crippen molar-refractivity contribution in [1.29, 1.82) is 0 Å². The smallest absolute Gasteiger partial charge is 0.283 e. The van der Waals surface area contributed by atoms with Crippen LogP contribution in [-0.2, 0) is 4.79 Å². The number of furan rings is 1. The van der Waals surface area contributed by atoms with Crippen LogP contribution in [0.1, 0.15) is 38.5 Å². The molecule has 21 heavy (non-hydrogen) atoms. The average molecular weight is 289 g/mol. The minimum absolute atomic E-state index is 0.0514. The van der Waals surface area contributed by atoms with Crippen LogP contribution in [0.2, 0.25) is 0 Å². The van der Waals surface area contributed by atoms with Crippen molar-refractivity contribution in [3.05, 3.63) is 24.3 Å². The molecule has 0 bridgehead atoms. The molecule has 112 valence electrons. The maximum Gasteiger partial charge on any atom is 0.283 e. The lowest BCUT2D eigenvalue weighted by Crippen LogP contribution is -2.40. The first-order valence-electron chi connectivity index (χ1n) is 7.31. The van der Waals surface area contributed by atoms with E-state index in [2.05, 4.69) is 10.2 Å². The van der Waals surface area contributed by atoms with Crippen molar-refractivity contribution < 1.29 is 13.6 Å². The summed E-state index contributed by atoms with van der Waals surface area (Å²) in [6.07, 6.45) is 3.30. The fourth-order valence-electron chi connectivity index (χ4n) is 2.61. The van der Waals surface area contributed by atoms with Crippen LogP contribution in [0.25, 0.3) is 11.7 Å². The van der Waals surface area contributed by atoms with Gasteiger partial charge in [0.05, 0.1) is 6.26 Å². The Morgan fingerprint density at radius 3 is 2.71 bits per heavy atom. The van der Waals surface area contributed by atoms with Gasteiger partial charge in [-0.3, -0.25) is 4.79 Å². The number of carbonyl (C=O) groups is 1. The Morgan fingerprint density at radius 1 is 1.33 bits per heavy atom. The van der Waals surface area contributed by atoms with E-state index in [0.29, 0.717) is 17.5 Å². The number of piperidine rings is 1. The molecule has 0 radical (unpaired) electrons. The van der Waals surface area contributed by atoms with Gasteiger partial charge < -0.3 is 13.7 Å². The lowest BCUT2D eigenvalue weighted by molar-refractivity contribution is -0.135. The van der Waals surface area contributed by atoms with Crippen molar-refractivity contribution in [1.82, 2.24) is 15.1 Å². The van der Waals surface area contributed by atoms with Crippen molar-refractivity contribution in [2.75, 3.05) is 13.1 Å². The molecule has 0 N–H and O–H groups in total. The topological polar surface area (TPSA) is 72.4 Å². The molecule has 1 fully saturated rings. The van der Waals surface area contributed by atoms with Gasteiger partial charge in [-0.1, -0.05) is 13.8 Å². The summed E-state index contributed by atoms with van der Waals surface area (Å²) in [6.45, 7) is 5.37. The van der Waals surface area contributed by atoms with Crippen molar-refractivity contribution in [2.45, 2.75) is 32.6 Å². The lowest BCUT2D eigenvalue weighted by atomic mass is 9.96. The molecule has 3 heterocycles. The summed E-state index contributed by atoms with van der Waals surface area (Å²) in [5.41, 5.74) is 0. The highest BCUT2D eigenvalue weighted by atomic mass is 16.4. The van der Waals surface area contributed by atoms with Crippen LogP contribution in [0.15, 0.2) is 27.2 Å². The molecule has 3 rings (SSSR count). The Morgan fingerprint density at radius 2 is 2.10 bits per heavy atom. The second-order valence-corrected chi connectivity index (χ2v) is 5.68. The van der Waals surface area contributed by atoms with Crippen LogP contribution in [0.5, 0.6) is 0 Å². The molecule has 2 aromatic heterocycles. The van der Waals surface area contributed by atoms with E-state index in [-0.39, 0.29) is 17.7 Å². The third-order valence-corrected chi connectivity index (χ3v) is 3.82. The van der Waals surface area contributed by atoms with Crippen LogP contribution >= 0.6 is 0 Å². The van der Waals surface area contributed by atoms with E-state index < -0.39 is 0 Å². The maximum absolute atomic E-state index is 12.0. The zero-order valence-electron chi connectivity index (χ0n) is 12.3. The van der Waals surface area contributed by atoms with E-state index in [1.807, 2.05) is 18.7 Å². The Hall–Kier alpha value is -2.11. The molecule has 2 aromatic rings. The quantitative estimate of drug-likeness (QED) is 0.868. The van der Waals surface area contributed by atoms with Crippen LogP contribution in [0.4, 0.5) is 0 Å². The van der Waals surface area contributed by atoms with Gasteiger partial charge in [-0.05, 0) is 25.0 Å². The summed E-state index contributed by atoms with van der Waals surface area (Å²) in [6, 6.07) is 3.58. The predicted octanol–water partition coefficient (Wildman–Crippen LogP) is 2.69. The van der Waals surface area contributed by atoms with Crippen LogP contribution < -0.4 is 0 Å². The highest BCUT2D eigenvalue weighted by Gasteiger charge is 2.28. The molecular weight excluding hydrogens is 270 g/mol. The van der Waals surface area contributed by atoms with Gasteiger partial charge in [-0.2, -0.15) is 0 Å². The van der Waals surface area contributed by atoms with Gasteiger partial charge >= 0.3 is 0 Å². The van der Waals surface area contributed by atoms with Crippen molar-refractivity contribution in [3.8, 4) is 11.7 Å². The molecule has 0 spiro atoms. The number of amides is 1. The third-order valence-electron chi connectivity index (χ3n) is 3.82. The number of nitrogens with zero attached hydrogens (tertiary/aromatic N) is 3. The lowest BCUT2D eigenvalue weighted by Gasteiger charge is -2.31. The maximum atomic E-state index is 12.0. The van der Waals surface area contributed by atoms with Crippen LogP contribution in [0.3, 0.4) is 0 Å². The van der Waals surface area contributed by atoms with Gasteiger partial charge in [-0.15, -0.1) is 10.2 Å². The Balaban J connectivity index is 1.64. The first-order valence-corrected chi connectivity index (χ1v) is 7.31. The number of carbonyl (C=O) groups excluding carboxylic acids is 1. The molecule has 0 unspecified atom stereocenters. The van der Waals surface area contributed by atoms with E-state index in [1.54, 1.807) is 18.4 Å². The van der Waals surface area contributed by atoms with Crippen molar-refractivity contribution in [3.63, 3.8) is 0 Å². The van der Waals surface area contributed by atoms with Gasteiger partial charge in [-0.25, -0.2) is 0 Å². The zero-order valence-corrected chi connectivity index (χ0v) is 12.3. The van der Waals surface area contributed by atoms with E-state index in [0.717, 1.165) is 25.9 Å². The van der Waals surface area contributed by atoms with Gasteiger partial charge in [0.2, 0.25) is 11.8 Å². The van der Waals surface area contributed by atoms with Crippen LogP contribution in [-0.4, -0.2) is 34.1 Å². The number of likely N-dealkylation sites (tertiary alicyclic amines) is 1.